The van der Waals surface area contributed by atoms with E-state index in [0.717, 1.165) is 16.6 Å². The lowest BCUT2D eigenvalue weighted by atomic mass is 10.0. The van der Waals surface area contributed by atoms with Gasteiger partial charge in [0.15, 0.2) is 0 Å². The van der Waals surface area contributed by atoms with Crippen LogP contribution in [0.2, 0.25) is 0 Å². The van der Waals surface area contributed by atoms with Crippen LogP contribution in [0.4, 0.5) is 5.69 Å². The third-order valence-electron chi connectivity index (χ3n) is 4.37. The minimum absolute atomic E-state index is 0.138. The highest BCUT2D eigenvalue weighted by Crippen LogP contribution is 2.28. The fraction of sp³-hybridized carbons (Fsp3) is 0.150. The van der Waals surface area contributed by atoms with Crippen LogP contribution in [0.25, 0.3) is 10.9 Å². The van der Waals surface area contributed by atoms with Crippen molar-refractivity contribution in [3.63, 3.8) is 0 Å². The predicted molar refractivity (Wildman–Crippen MR) is 92.5 cm³/mol. The van der Waals surface area contributed by atoms with Crippen molar-refractivity contribution in [2.75, 3.05) is 4.90 Å². The molecule has 0 radical (unpaired) electrons. The van der Waals surface area contributed by atoms with Crippen LogP contribution >= 0.6 is 0 Å². The van der Waals surface area contributed by atoms with Crippen LogP contribution in [0.3, 0.4) is 0 Å². The summed E-state index contributed by atoms with van der Waals surface area (Å²) in [5.41, 5.74) is 2.39. The second-order valence-corrected chi connectivity index (χ2v) is 6.00. The normalized spacial score (nSPS) is 17.7. The van der Waals surface area contributed by atoms with Gasteiger partial charge in [-0.05, 0) is 24.3 Å². The number of amides is 2. The van der Waals surface area contributed by atoms with E-state index in [1.165, 1.54) is 4.90 Å². The molecule has 1 aromatic heterocycles. The van der Waals surface area contributed by atoms with Crippen molar-refractivity contribution in [3.05, 3.63) is 72.4 Å². The van der Waals surface area contributed by atoms with Crippen molar-refractivity contribution in [2.24, 2.45) is 5.92 Å². The second-order valence-electron chi connectivity index (χ2n) is 6.00. The first-order valence-electron chi connectivity index (χ1n) is 7.99. The molecule has 1 aliphatic rings. The number of para-hydroxylation sites is 2. The third-order valence-corrected chi connectivity index (χ3v) is 4.37. The molecular weight excluding hydrogens is 300 g/mol. The van der Waals surface area contributed by atoms with Gasteiger partial charge in [-0.1, -0.05) is 42.5 Å². The zero-order valence-electron chi connectivity index (χ0n) is 13.1. The maximum atomic E-state index is 12.7. The van der Waals surface area contributed by atoms with Crippen LogP contribution in [0.1, 0.15) is 12.1 Å². The number of hydrogen-bond acceptors (Lipinski definition) is 3. The number of nitrogens with zero attached hydrogens (tertiary/aromatic N) is 2. The molecule has 0 bridgehead atoms. The molecule has 118 valence electrons. The summed E-state index contributed by atoms with van der Waals surface area (Å²) in [6.45, 7) is 0. The molecule has 0 saturated carbocycles. The van der Waals surface area contributed by atoms with Crippen molar-refractivity contribution in [1.82, 2.24) is 4.98 Å². The first-order valence-corrected chi connectivity index (χ1v) is 7.99. The Morgan fingerprint density at radius 1 is 0.917 bits per heavy atom. The number of hydrogen-bond donors (Lipinski definition) is 0. The summed E-state index contributed by atoms with van der Waals surface area (Å²) in [5.74, 6) is -0.621. The van der Waals surface area contributed by atoms with E-state index >= 15 is 0 Å². The van der Waals surface area contributed by atoms with E-state index in [0.29, 0.717) is 12.1 Å². The molecule has 0 aliphatic carbocycles. The summed E-state index contributed by atoms with van der Waals surface area (Å²) in [7, 11) is 0. The number of imide groups is 1. The maximum Gasteiger partial charge on any atom is 0.237 e. The molecule has 24 heavy (non-hydrogen) atoms. The average Bonchev–Trinajstić information content (AvgIpc) is 2.89. The number of carbonyl (C=O) groups is 2. The second kappa shape index (κ2) is 5.89. The molecule has 0 spiro atoms. The van der Waals surface area contributed by atoms with Gasteiger partial charge in [0, 0.05) is 23.9 Å². The number of anilines is 1. The molecule has 0 N–H and O–H groups in total. The summed E-state index contributed by atoms with van der Waals surface area (Å²) < 4.78 is 0. The van der Waals surface area contributed by atoms with E-state index in [-0.39, 0.29) is 24.2 Å². The molecule has 1 unspecified atom stereocenters. The van der Waals surface area contributed by atoms with E-state index in [9.17, 15) is 9.59 Å². The highest BCUT2D eigenvalue weighted by molar-refractivity contribution is 6.20. The minimum atomic E-state index is -0.341. The van der Waals surface area contributed by atoms with Crippen LogP contribution in [0.15, 0.2) is 66.7 Å². The number of rotatable bonds is 3. The summed E-state index contributed by atoms with van der Waals surface area (Å²) in [6, 6.07) is 20.9. The molecule has 1 fully saturated rings. The molecule has 4 rings (SSSR count). The van der Waals surface area contributed by atoms with Gasteiger partial charge in [0.1, 0.15) is 0 Å². The number of carbonyl (C=O) groups excluding carboxylic acids is 2. The zero-order chi connectivity index (χ0) is 16.5. The van der Waals surface area contributed by atoms with Gasteiger partial charge in [0.05, 0.1) is 17.1 Å². The maximum absolute atomic E-state index is 12.7. The van der Waals surface area contributed by atoms with Gasteiger partial charge in [0.2, 0.25) is 11.8 Å². The summed E-state index contributed by atoms with van der Waals surface area (Å²) >= 11 is 0. The Kier molecular flexibility index (Phi) is 3.58. The summed E-state index contributed by atoms with van der Waals surface area (Å²) in [4.78, 5) is 30.9. The molecule has 1 saturated heterocycles. The minimum Gasteiger partial charge on any atom is -0.274 e. The van der Waals surface area contributed by atoms with Crippen LogP contribution < -0.4 is 4.90 Å². The van der Waals surface area contributed by atoms with E-state index < -0.39 is 0 Å². The van der Waals surface area contributed by atoms with Gasteiger partial charge < -0.3 is 0 Å². The Labute approximate surface area is 139 Å². The Morgan fingerprint density at radius 3 is 2.50 bits per heavy atom. The van der Waals surface area contributed by atoms with Gasteiger partial charge in [-0.15, -0.1) is 0 Å². The predicted octanol–water partition coefficient (Wildman–Crippen LogP) is 3.36. The van der Waals surface area contributed by atoms with E-state index in [2.05, 4.69) is 4.98 Å². The SMILES string of the molecule is O=C1CC(Cc2ccc3ccccc3n2)C(=O)N1c1ccccc1. The van der Waals surface area contributed by atoms with Gasteiger partial charge in [-0.25, -0.2) is 0 Å². The van der Waals surface area contributed by atoms with Crippen LogP contribution in [0, 0.1) is 5.92 Å². The molecule has 1 atom stereocenters. The first-order chi connectivity index (χ1) is 11.7. The molecule has 4 nitrogen and oxygen atoms in total. The highest BCUT2D eigenvalue weighted by atomic mass is 16.2. The van der Waals surface area contributed by atoms with E-state index in [4.69, 9.17) is 0 Å². The lowest BCUT2D eigenvalue weighted by Gasteiger charge is -2.14. The molecule has 2 heterocycles. The van der Waals surface area contributed by atoms with Crippen LogP contribution in [-0.4, -0.2) is 16.8 Å². The summed E-state index contributed by atoms with van der Waals surface area (Å²) in [5, 5.41) is 1.07. The Balaban J connectivity index is 1.58. The van der Waals surface area contributed by atoms with Crippen molar-refractivity contribution in [3.8, 4) is 0 Å². The third kappa shape index (κ3) is 2.56. The van der Waals surface area contributed by atoms with Crippen LogP contribution in [-0.2, 0) is 16.0 Å². The number of aromatic nitrogens is 1. The van der Waals surface area contributed by atoms with Crippen molar-refractivity contribution >= 4 is 28.4 Å². The fourth-order valence-electron chi connectivity index (χ4n) is 3.18. The van der Waals surface area contributed by atoms with Crippen molar-refractivity contribution < 1.29 is 9.59 Å². The first kappa shape index (κ1) is 14.6. The van der Waals surface area contributed by atoms with Crippen LogP contribution in [0.5, 0.6) is 0 Å². The topological polar surface area (TPSA) is 50.3 Å². The summed E-state index contributed by atoms with van der Waals surface area (Å²) in [6.07, 6.45) is 0.723. The molecule has 2 amide bonds. The number of fused-ring (bicyclic) bond motifs is 1. The lowest BCUT2D eigenvalue weighted by molar-refractivity contribution is -0.122. The van der Waals surface area contributed by atoms with E-state index in [1.807, 2.05) is 54.6 Å². The molecule has 1 aliphatic heterocycles. The van der Waals surface area contributed by atoms with Crippen molar-refractivity contribution in [1.29, 1.82) is 0 Å². The molecule has 3 aromatic rings. The van der Waals surface area contributed by atoms with E-state index in [1.54, 1.807) is 12.1 Å². The number of benzene rings is 2. The van der Waals surface area contributed by atoms with Crippen molar-refractivity contribution in [2.45, 2.75) is 12.8 Å². The number of pyridine rings is 1. The molecule has 2 aromatic carbocycles. The Bertz CT molecular complexity index is 921. The standard InChI is InChI=1S/C20H16N2O2/c23-19-13-15(20(24)22(19)17-7-2-1-3-8-17)12-16-11-10-14-6-4-5-9-18(14)21-16/h1-11,15H,12-13H2. The van der Waals surface area contributed by atoms with Gasteiger partial charge in [-0.2, -0.15) is 0 Å². The van der Waals surface area contributed by atoms with Gasteiger partial charge in [0.25, 0.3) is 0 Å². The average molecular weight is 316 g/mol. The lowest BCUT2D eigenvalue weighted by Crippen LogP contribution is -2.30. The smallest absolute Gasteiger partial charge is 0.237 e. The molecular formula is C20H16N2O2. The largest absolute Gasteiger partial charge is 0.274 e. The van der Waals surface area contributed by atoms with Gasteiger partial charge >= 0.3 is 0 Å². The van der Waals surface area contributed by atoms with Gasteiger partial charge in [-0.3, -0.25) is 19.5 Å². The fourth-order valence-corrected chi connectivity index (χ4v) is 3.18. The molecule has 4 heteroatoms. The monoisotopic (exact) mass is 316 g/mol. The Morgan fingerprint density at radius 2 is 1.67 bits per heavy atom. The Hall–Kier alpha value is -3.01. The highest BCUT2D eigenvalue weighted by Gasteiger charge is 2.39. The quantitative estimate of drug-likeness (QED) is 0.696. The zero-order valence-corrected chi connectivity index (χ0v) is 13.1.